The van der Waals surface area contributed by atoms with Crippen LogP contribution in [0, 0.1) is 0 Å². The highest BCUT2D eigenvalue weighted by Crippen LogP contribution is 2.11. The maximum Gasteiger partial charge on any atom is 0.269 e. The summed E-state index contributed by atoms with van der Waals surface area (Å²) in [7, 11) is 0. The number of amides is 1. The van der Waals surface area contributed by atoms with Crippen LogP contribution in [0.3, 0.4) is 0 Å². The largest absolute Gasteiger partial charge is 0.396 e. The van der Waals surface area contributed by atoms with Crippen LogP contribution >= 0.6 is 11.6 Å². The fraction of sp³-hybridized carbons (Fsp3) is 0.133. The van der Waals surface area contributed by atoms with E-state index in [-0.39, 0.29) is 12.5 Å². The molecule has 1 amide bonds. The van der Waals surface area contributed by atoms with Gasteiger partial charge in [-0.1, -0.05) is 23.7 Å². The van der Waals surface area contributed by atoms with E-state index in [0.717, 1.165) is 11.3 Å². The fourth-order valence-corrected chi connectivity index (χ4v) is 1.81. The summed E-state index contributed by atoms with van der Waals surface area (Å²) in [6, 6.07) is 14.1. The molecule has 0 aromatic heterocycles. The number of carbonyl (C=O) groups excluding carboxylic acids is 1. The monoisotopic (exact) mass is 290 g/mol. The number of halogens is 1. The molecule has 0 radical (unpaired) electrons. The Morgan fingerprint density at radius 2 is 1.70 bits per heavy atom. The normalized spacial score (nSPS) is 10.1. The number of benzene rings is 2. The van der Waals surface area contributed by atoms with Crippen molar-refractivity contribution in [2.45, 2.75) is 6.42 Å². The van der Waals surface area contributed by atoms with Gasteiger partial charge in [-0.25, -0.2) is 0 Å². The number of aliphatic hydroxyl groups is 1. The van der Waals surface area contributed by atoms with E-state index < -0.39 is 0 Å². The summed E-state index contributed by atoms with van der Waals surface area (Å²) >= 11 is 5.76. The van der Waals surface area contributed by atoms with Crippen molar-refractivity contribution in [1.82, 2.24) is 5.43 Å². The molecule has 0 aliphatic rings. The molecule has 104 valence electrons. The molecule has 0 heterocycles. The number of hydrogen-bond acceptors (Lipinski definition) is 3. The van der Waals surface area contributed by atoms with Gasteiger partial charge in [0.1, 0.15) is 0 Å². The molecule has 0 spiro atoms. The highest BCUT2D eigenvalue weighted by atomic mass is 35.5. The molecule has 0 unspecified atom stereocenters. The Hall–Kier alpha value is -2.04. The third kappa shape index (κ3) is 3.98. The minimum Gasteiger partial charge on any atom is -0.396 e. The summed E-state index contributed by atoms with van der Waals surface area (Å²) < 4.78 is 0. The lowest BCUT2D eigenvalue weighted by Crippen LogP contribution is -2.29. The van der Waals surface area contributed by atoms with Crippen molar-refractivity contribution in [3.63, 3.8) is 0 Å². The van der Waals surface area contributed by atoms with Crippen molar-refractivity contribution >= 4 is 23.2 Å². The zero-order valence-electron chi connectivity index (χ0n) is 10.8. The quantitative estimate of drug-likeness (QED) is 0.742. The minimum absolute atomic E-state index is 0.125. The molecule has 0 saturated heterocycles. The van der Waals surface area contributed by atoms with Gasteiger partial charge in [0.15, 0.2) is 0 Å². The minimum atomic E-state index is -0.235. The first kappa shape index (κ1) is 14.4. The van der Waals surface area contributed by atoms with Gasteiger partial charge in [-0.2, -0.15) is 0 Å². The second-order valence-electron chi connectivity index (χ2n) is 4.26. The van der Waals surface area contributed by atoms with Crippen LogP contribution in [0.4, 0.5) is 5.69 Å². The molecule has 0 aliphatic carbocycles. The van der Waals surface area contributed by atoms with Crippen molar-refractivity contribution in [3.8, 4) is 0 Å². The molecule has 0 aliphatic heterocycles. The van der Waals surface area contributed by atoms with Gasteiger partial charge in [-0.15, -0.1) is 0 Å². The smallest absolute Gasteiger partial charge is 0.269 e. The molecule has 0 fully saturated rings. The summed E-state index contributed by atoms with van der Waals surface area (Å²) in [5, 5.41) is 9.42. The lowest BCUT2D eigenvalue weighted by Gasteiger charge is -2.09. The van der Waals surface area contributed by atoms with E-state index in [4.69, 9.17) is 16.7 Å². The van der Waals surface area contributed by atoms with Gasteiger partial charge in [-0.3, -0.25) is 15.6 Å². The van der Waals surface area contributed by atoms with E-state index in [1.54, 1.807) is 24.3 Å². The predicted molar refractivity (Wildman–Crippen MR) is 79.8 cm³/mol. The molecular formula is C15H15ClN2O2. The van der Waals surface area contributed by atoms with Gasteiger partial charge in [0, 0.05) is 17.2 Å². The Bertz CT molecular complexity index is 567. The van der Waals surface area contributed by atoms with Gasteiger partial charge in [0.2, 0.25) is 0 Å². The molecule has 5 heteroatoms. The summed E-state index contributed by atoms with van der Waals surface area (Å²) in [5.41, 5.74) is 7.78. The van der Waals surface area contributed by atoms with E-state index in [1.807, 2.05) is 24.3 Å². The molecule has 2 rings (SSSR count). The Morgan fingerprint density at radius 1 is 1.05 bits per heavy atom. The third-order valence-electron chi connectivity index (χ3n) is 2.78. The fourth-order valence-electron chi connectivity index (χ4n) is 1.69. The Kier molecular flexibility index (Phi) is 4.98. The number of hydrazine groups is 1. The molecule has 20 heavy (non-hydrogen) atoms. The summed E-state index contributed by atoms with van der Waals surface area (Å²) in [5.74, 6) is -0.235. The third-order valence-corrected chi connectivity index (χ3v) is 3.03. The van der Waals surface area contributed by atoms with E-state index in [0.29, 0.717) is 17.0 Å². The van der Waals surface area contributed by atoms with Crippen LogP contribution in [0.15, 0.2) is 48.5 Å². The van der Waals surface area contributed by atoms with Gasteiger partial charge < -0.3 is 5.11 Å². The maximum atomic E-state index is 11.8. The van der Waals surface area contributed by atoms with E-state index in [2.05, 4.69) is 10.9 Å². The highest BCUT2D eigenvalue weighted by molar-refractivity contribution is 6.30. The van der Waals surface area contributed by atoms with Crippen molar-refractivity contribution in [2.24, 2.45) is 0 Å². The van der Waals surface area contributed by atoms with E-state index >= 15 is 0 Å². The zero-order chi connectivity index (χ0) is 14.4. The maximum absolute atomic E-state index is 11.8. The summed E-state index contributed by atoms with van der Waals surface area (Å²) in [6.45, 7) is 0.125. The summed E-state index contributed by atoms with van der Waals surface area (Å²) in [6.07, 6.45) is 0.622. The van der Waals surface area contributed by atoms with Crippen LogP contribution in [0.1, 0.15) is 15.9 Å². The molecule has 2 aromatic carbocycles. The van der Waals surface area contributed by atoms with Crippen molar-refractivity contribution in [1.29, 1.82) is 0 Å². The second kappa shape index (κ2) is 6.93. The topological polar surface area (TPSA) is 61.4 Å². The van der Waals surface area contributed by atoms with Crippen LogP contribution in [-0.4, -0.2) is 17.6 Å². The van der Waals surface area contributed by atoms with E-state index in [1.165, 1.54) is 0 Å². The molecule has 0 saturated carbocycles. The first-order chi connectivity index (χ1) is 9.69. The SMILES string of the molecule is O=C(NNc1ccc(CCO)cc1)c1ccc(Cl)cc1. The number of aliphatic hydroxyl groups excluding tert-OH is 1. The average Bonchev–Trinajstić information content (AvgIpc) is 2.47. The molecule has 2 aromatic rings. The number of anilines is 1. The van der Waals surface area contributed by atoms with Crippen LogP contribution < -0.4 is 10.9 Å². The van der Waals surface area contributed by atoms with Crippen molar-refractivity contribution < 1.29 is 9.90 Å². The first-order valence-corrected chi connectivity index (χ1v) is 6.58. The van der Waals surface area contributed by atoms with Crippen LogP contribution in [0.5, 0.6) is 0 Å². The lowest BCUT2D eigenvalue weighted by atomic mass is 10.1. The highest BCUT2D eigenvalue weighted by Gasteiger charge is 2.04. The van der Waals surface area contributed by atoms with Gasteiger partial charge in [0.05, 0.1) is 5.69 Å². The van der Waals surface area contributed by atoms with Crippen molar-refractivity contribution in [2.75, 3.05) is 12.0 Å². The van der Waals surface area contributed by atoms with E-state index in [9.17, 15) is 4.79 Å². The van der Waals surface area contributed by atoms with Gasteiger partial charge in [-0.05, 0) is 48.4 Å². The standard InChI is InChI=1S/C15H15ClN2O2/c16-13-5-3-12(4-6-13)15(20)18-17-14-7-1-11(2-8-14)9-10-19/h1-8,17,19H,9-10H2,(H,18,20). The molecule has 4 nitrogen and oxygen atoms in total. The Balaban J connectivity index is 1.91. The van der Waals surface area contributed by atoms with Crippen LogP contribution in [-0.2, 0) is 6.42 Å². The lowest BCUT2D eigenvalue weighted by molar-refractivity contribution is 0.0962. The molecule has 0 atom stereocenters. The predicted octanol–water partition coefficient (Wildman–Crippen LogP) is 2.63. The Labute approximate surface area is 122 Å². The molecular weight excluding hydrogens is 276 g/mol. The first-order valence-electron chi connectivity index (χ1n) is 6.21. The van der Waals surface area contributed by atoms with Crippen LogP contribution in [0.2, 0.25) is 5.02 Å². The number of rotatable bonds is 5. The van der Waals surface area contributed by atoms with Crippen molar-refractivity contribution in [3.05, 3.63) is 64.7 Å². The zero-order valence-corrected chi connectivity index (χ0v) is 11.5. The summed E-state index contributed by atoms with van der Waals surface area (Å²) in [4.78, 5) is 11.8. The Morgan fingerprint density at radius 3 is 2.30 bits per heavy atom. The number of carbonyl (C=O) groups is 1. The number of nitrogens with one attached hydrogen (secondary N) is 2. The average molecular weight is 291 g/mol. The molecule has 0 bridgehead atoms. The van der Waals surface area contributed by atoms with Crippen LogP contribution in [0.25, 0.3) is 0 Å². The molecule has 3 N–H and O–H groups in total. The second-order valence-corrected chi connectivity index (χ2v) is 4.69. The van der Waals surface area contributed by atoms with Gasteiger partial charge in [0.25, 0.3) is 5.91 Å². The number of hydrogen-bond donors (Lipinski definition) is 3. The van der Waals surface area contributed by atoms with Gasteiger partial charge >= 0.3 is 0 Å².